The van der Waals surface area contributed by atoms with Crippen molar-refractivity contribution in [1.29, 1.82) is 0 Å². The van der Waals surface area contributed by atoms with Gasteiger partial charge in [0, 0.05) is 31.8 Å². The second-order valence-electron chi connectivity index (χ2n) is 7.29. The van der Waals surface area contributed by atoms with Crippen LogP contribution in [0, 0.1) is 0 Å². The highest BCUT2D eigenvalue weighted by molar-refractivity contribution is 7.90. The van der Waals surface area contributed by atoms with Gasteiger partial charge in [0.15, 0.2) is 0 Å². The minimum Gasteiger partial charge on any atom is -0.380 e. The van der Waals surface area contributed by atoms with E-state index in [0.29, 0.717) is 31.6 Å². The molecule has 2 fully saturated rings. The summed E-state index contributed by atoms with van der Waals surface area (Å²) < 4.78 is 33.3. The van der Waals surface area contributed by atoms with Crippen LogP contribution < -0.4 is 4.72 Å². The van der Waals surface area contributed by atoms with E-state index < -0.39 is 15.3 Å². The second kappa shape index (κ2) is 8.50. The molecule has 1 heterocycles. The number of benzene rings is 1. The number of nitrogens with zero attached hydrogens (tertiary/aromatic N) is 1. The summed E-state index contributed by atoms with van der Waals surface area (Å²) in [7, 11) is -1.76. The third kappa shape index (κ3) is 4.64. The first kappa shape index (κ1) is 19.3. The molecule has 0 aromatic heterocycles. The Morgan fingerprint density at radius 3 is 2.50 bits per heavy atom. The molecular formula is C19H28N2O4S. The molecule has 1 atom stereocenters. The van der Waals surface area contributed by atoms with Crippen LogP contribution in [-0.2, 0) is 21.4 Å². The maximum Gasteiger partial charge on any atom is 0.253 e. The van der Waals surface area contributed by atoms with Gasteiger partial charge in [0.2, 0.25) is 10.0 Å². The van der Waals surface area contributed by atoms with Crippen molar-refractivity contribution in [2.24, 2.45) is 0 Å². The van der Waals surface area contributed by atoms with Gasteiger partial charge < -0.3 is 9.64 Å². The van der Waals surface area contributed by atoms with Gasteiger partial charge in [-0.15, -0.1) is 0 Å². The molecule has 3 rings (SSSR count). The monoisotopic (exact) mass is 380 g/mol. The molecule has 1 saturated carbocycles. The van der Waals surface area contributed by atoms with Gasteiger partial charge in [-0.2, -0.15) is 0 Å². The molecule has 0 spiro atoms. The molecule has 1 aliphatic heterocycles. The predicted molar refractivity (Wildman–Crippen MR) is 100 cm³/mol. The fourth-order valence-corrected chi connectivity index (χ4v) is 5.59. The molecular weight excluding hydrogens is 352 g/mol. The Morgan fingerprint density at radius 1 is 1.15 bits per heavy atom. The van der Waals surface area contributed by atoms with Crippen LogP contribution >= 0.6 is 0 Å². The summed E-state index contributed by atoms with van der Waals surface area (Å²) in [5.74, 6) is -0.102. The highest BCUT2D eigenvalue weighted by Gasteiger charge is 2.34. The van der Waals surface area contributed by atoms with Crippen LogP contribution in [0.2, 0.25) is 0 Å². The zero-order valence-corrected chi connectivity index (χ0v) is 16.1. The van der Waals surface area contributed by atoms with E-state index in [1.807, 2.05) is 12.1 Å². The van der Waals surface area contributed by atoms with Crippen molar-refractivity contribution in [1.82, 2.24) is 9.62 Å². The first-order chi connectivity index (χ1) is 12.5. The lowest BCUT2D eigenvalue weighted by Crippen LogP contribution is -2.49. The molecule has 7 heteroatoms. The standard InChI is InChI=1S/C19H28N2O4S/c1-25-14-15-8-10-16(11-9-15)19(22)21-12-4-7-18(13-21)26(23,24)20-17-5-2-3-6-17/h8-11,17-18,20H,2-7,12-14H2,1H3. The van der Waals surface area contributed by atoms with Crippen molar-refractivity contribution in [2.45, 2.75) is 56.4 Å². The summed E-state index contributed by atoms with van der Waals surface area (Å²) in [6.45, 7) is 1.38. The van der Waals surface area contributed by atoms with Crippen LogP contribution in [-0.4, -0.2) is 50.7 Å². The topological polar surface area (TPSA) is 75.7 Å². The number of likely N-dealkylation sites (tertiary alicyclic amines) is 1. The van der Waals surface area contributed by atoms with Crippen LogP contribution in [0.15, 0.2) is 24.3 Å². The van der Waals surface area contributed by atoms with Crippen LogP contribution in [0.5, 0.6) is 0 Å². The third-order valence-electron chi connectivity index (χ3n) is 5.30. The summed E-state index contributed by atoms with van der Waals surface area (Å²) in [5.41, 5.74) is 1.59. The lowest BCUT2D eigenvalue weighted by molar-refractivity contribution is 0.0726. The maximum atomic E-state index is 12.8. The van der Waals surface area contributed by atoms with Crippen LogP contribution in [0.3, 0.4) is 0 Å². The molecule has 0 bridgehead atoms. The number of amides is 1. The van der Waals surface area contributed by atoms with Gasteiger partial charge >= 0.3 is 0 Å². The van der Waals surface area contributed by atoms with E-state index in [4.69, 9.17) is 4.74 Å². The second-order valence-corrected chi connectivity index (χ2v) is 9.28. The van der Waals surface area contributed by atoms with Crippen molar-refractivity contribution in [3.63, 3.8) is 0 Å². The minimum absolute atomic E-state index is 0.0689. The Hall–Kier alpha value is -1.44. The molecule has 1 aromatic rings. The predicted octanol–water partition coefficient (Wildman–Crippen LogP) is 2.30. The van der Waals surface area contributed by atoms with E-state index in [1.165, 1.54) is 0 Å². The zero-order valence-electron chi connectivity index (χ0n) is 15.3. The fraction of sp³-hybridized carbons (Fsp3) is 0.632. The molecule has 1 saturated heterocycles. The van der Waals surface area contributed by atoms with Crippen LogP contribution in [0.4, 0.5) is 0 Å². The number of hydrogen-bond acceptors (Lipinski definition) is 4. The summed E-state index contributed by atoms with van der Waals surface area (Å²) >= 11 is 0. The van der Waals surface area contributed by atoms with Crippen LogP contribution in [0.1, 0.15) is 54.4 Å². The normalized spacial score (nSPS) is 21.9. The minimum atomic E-state index is -3.39. The van der Waals surface area contributed by atoms with Gasteiger partial charge in [0.05, 0.1) is 11.9 Å². The van der Waals surface area contributed by atoms with E-state index in [2.05, 4.69) is 4.72 Å². The average Bonchev–Trinajstić information content (AvgIpc) is 3.14. The number of carbonyl (C=O) groups excluding carboxylic acids is 1. The first-order valence-electron chi connectivity index (χ1n) is 9.38. The Balaban J connectivity index is 1.64. The SMILES string of the molecule is COCc1ccc(C(=O)N2CCCC(S(=O)(=O)NC3CCCC3)C2)cc1. The number of sulfonamides is 1. The molecule has 1 unspecified atom stereocenters. The fourth-order valence-electron chi connectivity index (χ4n) is 3.84. The van der Waals surface area contributed by atoms with Crippen molar-refractivity contribution < 1.29 is 17.9 Å². The van der Waals surface area contributed by atoms with E-state index >= 15 is 0 Å². The van der Waals surface area contributed by atoms with Crippen molar-refractivity contribution in [3.05, 3.63) is 35.4 Å². The molecule has 1 amide bonds. The highest BCUT2D eigenvalue weighted by Crippen LogP contribution is 2.23. The van der Waals surface area contributed by atoms with Gasteiger partial charge in [-0.1, -0.05) is 25.0 Å². The Morgan fingerprint density at radius 2 is 1.85 bits per heavy atom. The largest absolute Gasteiger partial charge is 0.380 e. The van der Waals surface area contributed by atoms with Crippen molar-refractivity contribution in [3.8, 4) is 0 Å². The van der Waals surface area contributed by atoms with Gasteiger partial charge in [-0.25, -0.2) is 13.1 Å². The Kier molecular flexibility index (Phi) is 6.32. The van der Waals surface area contributed by atoms with E-state index in [0.717, 1.165) is 31.2 Å². The quantitative estimate of drug-likeness (QED) is 0.822. The van der Waals surface area contributed by atoms with Crippen molar-refractivity contribution in [2.75, 3.05) is 20.2 Å². The number of methoxy groups -OCH3 is 1. The lowest BCUT2D eigenvalue weighted by atomic mass is 10.1. The number of carbonyl (C=O) groups is 1. The zero-order chi connectivity index (χ0) is 18.6. The first-order valence-corrected chi connectivity index (χ1v) is 10.9. The van der Waals surface area contributed by atoms with Crippen molar-refractivity contribution >= 4 is 15.9 Å². The molecule has 26 heavy (non-hydrogen) atoms. The van der Waals surface area contributed by atoms with Gasteiger partial charge in [0.25, 0.3) is 5.91 Å². The maximum absolute atomic E-state index is 12.8. The molecule has 1 aromatic carbocycles. The number of nitrogens with one attached hydrogen (secondary N) is 1. The molecule has 1 aliphatic carbocycles. The number of ether oxygens (including phenoxy) is 1. The van der Waals surface area contributed by atoms with E-state index in [-0.39, 0.29) is 18.5 Å². The molecule has 0 radical (unpaired) electrons. The molecule has 2 aliphatic rings. The summed E-state index contributed by atoms with van der Waals surface area (Å²) in [6, 6.07) is 7.38. The summed E-state index contributed by atoms with van der Waals surface area (Å²) in [5, 5.41) is -0.520. The van der Waals surface area contributed by atoms with E-state index in [1.54, 1.807) is 24.1 Å². The highest BCUT2D eigenvalue weighted by atomic mass is 32.2. The van der Waals surface area contributed by atoms with E-state index in [9.17, 15) is 13.2 Å². The smallest absolute Gasteiger partial charge is 0.253 e. The number of rotatable bonds is 6. The Bertz CT molecular complexity index is 712. The molecule has 144 valence electrons. The van der Waals surface area contributed by atoms with Gasteiger partial charge in [0.1, 0.15) is 0 Å². The Labute approximate surface area is 156 Å². The summed E-state index contributed by atoms with van der Waals surface area (Å²) in [4.78, 5) is 14.4. The molecule has 1 N–H and O–H groups in total. The number of piperidine rings is 1. The van der Waals surface area contributed by atoms with Crippen LogP contribution in [0.25, 0.3) is 0 Å². The molecule has 6 nitrogen and oxygen atoms in total. The average molecular weight is 381 g/mol. The van der Waals surface area contributed by atoms with Gasteiger partial charge in [-0.3, -0.25) is 4.79 Å². The summed E-state index contributed by atoms with van der Waals surface area (Å²) in [6.07, 6.45) is 5.33. The van der Waals surface area contributed by atoms with Gasteiger partial charge in [-0.05, 0) is 43.4 Å². The number of hydrogen-bond donors (Lipinski definition) is 1. The third-order valence-corrected chi connectivity index (χ3v) is 7.23. The lowest BCUT2D eigenvalue weighted by Gasteiger charge is -2.33.